The SMILES string of the molecule is C#Cc1cc2ccccc2oc1=O. The van der Waals surface area contributed by atoms with E-state index in [0.717, 1.165) is 5.39 Å². The predicted molar refractivity (Wildman–Crippen MR) is 50.4 cm³/mol. The molecule has 0 N–H and O–H groups in total. The average Bonchev–Trinajstić information content (AvgIpc) is 2.17. The Morgan fingerprint density at radius 3 is 2.85 bits per heavy atom. The average molecular weight is 170 g/mol. The van der Waals surface area contributed by atoms with Gasteiger partial charge in [0.05, 0.1) is 0 Å². The van der Waals surface area contributed by atoms with Crippen LogP contribution in [0.3, 0.4) is 0 Å². The van der Waals surface area contributed by atoms with E-state index in [4.69, 9.17) is 10.8 Å². The van der Waals surface area contributed by atoms with Gasteiger partial charge in [0.15, 0.2) is 0 Å². The molecule has 0 bridgehead atoms. The van der Waals surface area contributed by atoms with Gasteiger partial charge in [0.25, 0.3) is 0 Å². The first-order chi connectivity index (χ1) is 6.31. The molecular weight excluding hydrogens is 164 g/mol. The Balaban J connectivity index is 2.91. The highest BCUT2D eigenvalue weighted by atomic mass is 16.4. The Bertz CT molecular complexity index is 544. The molecule has 0 saturated heterocycles. The van der Waals surface area contributed by atoms with Crippen LogP contribution < -0.4 is 5.63 Å². The summed E-state index contributed by atoms with van der Waals surface area (Å²) in [6, 6.07) is 8.90. The number of hydrogen-bond acceptors (Lipinski definition) is 2. The van der Waals surface area contributed by atoms with E-state index in [-0.39, 0.29) is 5.56 Å². The number of terminal acetylenes is 1. The normalized spacial score (nSPS) is 9.77. The van der Waals surface area contributed by atoms with Gasteiger partial charge in [-0.1, -0.05) is 24.1 Å². The second-order valence-electron chi connectivity index (χ2n) is 2.63. The molecule has 2 aromatic rings. The molecule has 0 fully saturated rings. The molecule has 62 valence electrons. The van der Waals surface area contributed by atoms with Crippen molar-refractivity contribution in [3.63, 3.8) is 0 Å². The quantitative estimate of drug-likeness (QED) is 0.445. The first-order valence-corrected chi connectivity index (χ1v) is 3.81. The largest absolute Gasteiger partial charge is 0.422 e. The summed E-state index contributed by atoms with van der Waals surface area (Å²) >= 11 is 0. The lowest BCUT2D eigenvalue weighted by molar-refractivity contribution is 0.559. The van der Waals surface area contributed by atoms with E-state index in [0.29, 0.717) is 5.58 Å². The molecule has 0 aliphatic carbocycles. The van der Waals surface area contributed by atoms with Gasteiger partial charge in [-0.05, 0) is 12.1 Å². The van der Waals surface area contributed by atoms with Crippen LogP contribution in [0.1, 0.15) is 5.56 Å². The maximum absolute atomic E-state index is 11.2. The molecule has 2 rings (SSSR count). The smallest absolute Gasteiger partial charge is 0.352 e. The lowest BCUT2D eigenvalue weighted by Crippen LogP contribution is -2.02. The minimum Gasteiger partial charge on any atom is -0.422 e. The molecule has 0 spiro atoms. The zero-order valence-corrected chi connectivity index (χ0v) is 6.78. The lowest BCUT2D eigenvalue weighted by Gasteiger charge is -1.95. The van der Waals surface area contributed by atoms with Crippen molar-refractivity contribution in [1.29, 1.82) is 0 Å². The van der Waals surface area contributed by atoms with Crippen molar-refractivity contribution < 1.29 is 4.42 Å². The van der Waals surface area contributed by atoms with E-state index < -0.39 is 5.63 Å². The van der Waals surface area contributed by atoms with Crippen LogP contribution in [0.2, 0.25) is 0 Å². The Morgan fingerprint density at radius 1 is 1.31 bits per heavy atom. The summed E-state index contributed by atoms with van der Waals surface area (Å²) in [6.07, 6.45) is 5.13. The van der Waals surface area contributed by atoms with Crippen LogP contribution in [0, 0.1) is 12.3 Å². The Kier molecular flexibility index (Phi) is 1.64. The fourth-order valence-electron chi connectivity index (χ4n) is 1.16. The first-order valence-electron chi connectivity index (χ1n) is 3.81. The highest BCUT2D eigenvalue weighted by Crippen LogP contribution is 2.11. The third-order valence-electron chi connectivity index (χ3n) is 1.80. The van der Waals surface area contributed by atoms with E-state index in [9.17, 15) is 4.79 Å². The fraction of sp³-hybridized carbons (Fsp3) is 0. The molecule has 0 radical (unpaired) electrons. The van der Waals surface area contributed by atoms with Crippen molar-refractivity contribution in [1.82, 2.24) is 0 Å². The molecule has 1 aromatic carbocycles. The van der Waals surface area contributed by atoms with Crippen LogP contribution in [-0.4, -0.2) is 0 Å². The third kappa shape index (κ3) is 1.21. The topological polar surface area (TPSA) is 30.2 Å². The zero-order valence-electron chi connectivity index (χ0n) is 6.78. The molecule has 0 amide bonds. The van der Waals surface area contributed by atoms with E-state index >= 15 is 0 Å². The van der Waals surface area contributed by atoms with E-state index in [2.05, 4.69) is 5.92 Å². The number of benzene rings is 1. The maximum Gasteiger partial charge on any atom is 0.352 e. The molecule has 2 heteroatoms. The van der Waals surface area contributed by atoms with Crippen LogP contribution >= 0.6 is 0 Å². The van der Waals surface area contributed by atoms with Crippen molar-refractivity contribution in [3.8, 4) is 12.3 Å². The van der Waals surface area contributed by atoms with Crippen molar-refractivity contribution in [3.05, 3.63) is 46.3 Å². The van der Waals surface area contributed by atoms with Gasteiger partial charge in [-0.15, -0.1) is 6.42 Å². The van der Waals surface area contributed by atoms with Gasteiger partial charge in [0.2, 0.25) is 0 Å². The minimum atomic E-state index is -0.457. The molecular formula is C11H6O2. The molecule has 1 aromatic heterocycles. The van der Waals surface area contributed by atoms with Gasteiger partial charge in [0, 0.05) is 5.39 Å². The van der Waals surface area contributed by atoms with Crippen molar-refractivity contribution in [2.45, 2.75) is 0 Å². The molecule has 0 saturated carbocycles. The van der Waals surface area contributed by atoms with Crippen LogP contribution in [0.15, 0.2) is 39.5 Å². The summed E-state index contributed by atoms with van der Waals surface area (Å²) in [5.74, 6) is 2.28. The zero-order chi connectivity index (χ0) is 9.26. The summed E-state index contributed by atoms with van der Waals surface area (Å²) in [5.41, 5.74) is 0.367. The molecule has 0 aliphatic heterocycles. The molecule has 0 atom stereocenters. The summed E-state index contributed by atoms with van der Waals surface area (Å²) in [7, 11) is 0. The second-order valence-corrected chi connectivity index (χ2v) is 2.63. The molecule has 2 nitrogen and oxygen atoms in total. The predicted octanol–water partition coefficient (Wildman–Crippen LogP) is 1.77. The Hall–Kier alpha value is -2.01. The van der Waals surface area contributed by atoms with E-state index in [1.165, 1.54) is 0 Å². The molecule has 1 heterocycles. The number of hydrogen-bond donors (Lipinski definition) is 0. The summed E-state index contributed by atoms with van der Waals surface area (Å²) in [6.45, 7) is 0. The number of para-hydroxylation sites is 1. The summed E-state index contributed by atoms with van der Waals surface area (Å²) in [4.78, 5) is 11.2. The van der Waals surface area contributed by atoms with Gasteiger partial charge in [0.1, 0.15) is 11.1 Å². The van der Waals surface area contributed by atoms with Crippen molar-refractivity contribution >= 4 is 11.0 Å². The standard InChI is InChI=1S/C11H6O2/c1-2-8-7-9-5-3-4-6-10(9)13-11(8)12/h1,3-7H. The Labute approximate surface area is 74.8 Å². The third-order valence-corrected chi connectivity index (χ3v) is 1.80. The summed E-state index contributed by atoms with van der Waals surface area (Å²) in [5, 5.41) is 0.843. The second kappa shape index (κ2) is 2.80. The van der Waals surface area contributed by atoms with Crippen LogP contribution in [0.25, 0.3) is 11.0 Å². The monoisotopic (exact) mass is 170 g/mol. The van der Waals surface area contributed by atoms with Gasteiger partial charge >= 0.3 is 5.63 Å². The molecule has 0 aliphatic rings. The van der Waals surface area contributed by atoms with Crippen LogP contribution in [0.4, 0.5) is 0 Å². The van der Waals surface area contributed by atoms with Crippen molar-refractivity contribution in [2.24, 2.45) is 0 Å². The van der Waals surface area contributed by atoms with Crippen LogP contribution in [0.5, 0.6) is 0 Å². The number of rotatable bonds is 0. The van der Waals surface area contributed by atoms with E-state index in [1.807, 2.05) is 12.1 Å². The van der Waals surface area contributed by atoms with Gasteiger partial charge < -0.3 is 4.42 Å². The van der Waals surface area contributed by atoms with Crippen LogP contribution in [-0.2, 0) is 0 Å². The first kappa shape index (κ1) is 7.63. The minimum absolute atomic E-state index is 0.263. The Morgan fingerprint density at radius 2 is 2.08 bits per heavy atom. The van der Waals surface area contributed by atoms with Gasteiger partial charge in [-0.2, -0.15) is 0 Å². The van der Waals surface area contributed by atoms with Crippen molar-refractivity contribution in [2.75, 3.05) is 0 Å². The maximum atomic E-state index is 11.2. The summed E-state index contributed by atoms with van der Waals surface area (Å²) < 4.78 is 4.99. The molecule has 0 unspecified atom stereocenters. The fourth-order valence-corrected chi connectivity index (χ4v) is 1.16. The molecule has 13 heavy (non-hydrogen) atoms. The van der Waals surface area contributed by atoms with Gasteiger partial charge in [-0.3, -0.25) is 0 Å². The highest BCUT2D eigenvalue weighted by molar-refractivity contribution is 5.77. The lowest BCUT2D eigenvalue weighted by atomic mass is 10.2. The van der Waals surface area contributed by atoms with E-state index in [1.54, 1.807) is 18.2 Å². The number of fused-ring (bicyclic) bond motifs is 1. The van der Waals surface area contributed by atoms with Gasteiger partial charge in [-0.25, -0.2) is 4.79 Å². The highest BCUT2D eigenvalue weighted by Gasteiger charge is 2.00.